The molecule has 1 aliphatic rings. The summed E-state index contributed by atoms with van der Waals surface area (Å²) in [6.07, 6.45) is 2.16. The van der Waals surface area contributed by atoms with Gasteiger partial charge >= 0.3 is 0 Å². The van der Waals surface area contributed by atoms with Crippen LogP contribution in [0.1, 0.15) is 5.56 Å². The molecular weight excluding hydrogens is 336 g/mol. The summed E-state index contributed by atoms with van der Waals surface area (Å²) in [6, 6.07) is 22.5. The van der Waals surface area contributed by atoms with Crippen LogP contribution in [0.4, 0.5) is 5.69 Å². The van der Waals surface area contributed by atoms with E-state index in [9.17, 15) is 0 Å². The number of hydrogen-bond donors (Lipinski definition) is 1. The predicted octanol–water partition coefficient (Wildman–Crippen LogP) is 6.05. The first-order chi connectivity index (χ1) is 11.8. The Morgan fingerprint density at radius 2 is 1.79 bits per heavy atom. The molecule has 0 bridgehead atoms. The molecule has 0 spiro atoms. The number of rotatable bonds is 2. The molecule has 0 saturated heterocycles. The number of thioether (sulfide) groups is 1. The van der Waals surface area contributed by atoms with Crippen LogP contribution in [0.25, 0.3) is 16.5 Å². The Balaban J connectivity index is 1.62. The summed E-state index contributed by atoms with van der Waals surface area (Å²) in [5, 5.41) is 7.43. The maximum absolute atomic E-state index is 6.04. The maximum Gasteiger partial charge on any atom is 0.166 e. The molecule has 0 radical (unpaired) electrons. The van der Waals surface area contributed by atoms with Crippen molar-refractivity contribution in [3.8, 4) is 0 Å². The fourth-order valence-corrected chi connectivity index (χ4v) is 3.61. The lowest BCUT2D eigenvalue weighted by Gasteiger charge is -2.15. The van der Waals surface area contributed by atoms with Crippen LogP contribution in [-0.2, 0) is 0 Å². The first-order valence-corrected chi connectivity index (χ1v) is 9.08. The molecule has 0 saturated carbocycles. The normalized spacial score (nSPS) is 14.2. The van der Waals surface area contributed by atoms with Crippen molar-refractivity contribution in [3.63, 3.8) is 0 Å². The lowest BCUT2D eigenvalue weighted by Crippen LogP contribution is -2.11. The van der Waals surface area contributed by atoms with Gasteiger partial charge in [-0.25, -0.2) is 4.99 Å². The number of hydrogen-bond acceptors (Lipinski definition) is 3. The van der Waals surface area contributed by atoms with Crippen LogP contribution in [-0.4, -0.2) is 10.9 Å². The number of amidine groups is 1. The highest BCUT2D eigenvalue weighted by Crippen LogP contribution is 2.27. The van der Waals surface area contributed by atoms with Gasteiger partial charge in [-0.3, -0.25) is 0 Å². The summed E-state index contributed by atoms with van der Waals surface area (Å²) in [4.78, 5) is 4.77. The zero-order chi connectivity index (χ0) is 16.4. The quantitative estimate of drug-likeness (QED) is 0.608. The van der Waals surface area contributed by atoms with Gasteiger partial charge in [0.1, 0.15) is 0 Å². The second-order valence-corrected chi connectivity index (χ2v) is 6.96. The Labute approximate surface area is 150 Å². The van der Waals surface area contributed by atoms with Gasteiger partial charge in [0.25, 0.3) is 0 Å². The van der Waals surface area contributed by atoms with E-state index in [2.05, 4.69) is 53.9 Å². The van der Waals surface area contributed by atoms with E-state index in [0.29, 0.717) is 5.02 Å². The number of anilines is 1. The first-order valence-electron chi connectivity index (χ1n) is 7.71. The molecule has 1 N–H and O–H groups in total. The molecular formula is C20H15ClN2S. The fourth-order valence-electron chi connectivity index (χ4n) is 2.67. The Bertz CT molecular complexity index is 963. The molecule has 0 fully saturated rings. The van der Waals surface area contributed by atoms with Crippen LogP contribution in [0.5, 0.6) is 0 Å². The summed E-state index contributed by atoms with van der Waals surface area (Å²) >= 11 is 7.73. The molecule has 3 aromatic rings. The lowest BCUT2D eigenvalue weighted by molar-refractivity contribution is 1.48. The minimum Gasteiger partial charge on any atom is -0.335 e. The van der Waals surface area contributed by atoms with Gasteiger partial charge in [-0.15, -0.1) is 0 Å². The minimum absolute atomic E-state index is 0.715. The molecule has 118 valence electrons. The molecule has 0 unspecified atom stereocenters. The SMILES string of the molecule is Clc1cccc(NC2=NC(c3ccc4ccccc4c3)=CCS2)c1. The minimum atomic E-state index is 0.715. The van der Waals surface area contributed by atoms with Gasteiger partial charge in [0.15, 0.2) is 5.17 Å². The van der Waals surface area contributed by atoms with Crippen molar-refractivity contribution < 1.29 is 0 Å². The third-order valence-electron chi connectivity index (χ3n) is 3.84. The second kappa shape index (κ2) is 6.71. The van der Waals surface area contributed by atoms with Crippen LogP contribution in [0, 0.1) is 0 Å². The molecule has 2 nitrogen and oxygen atoms in total. The van der Waals surface area contributed by atoms with Gasteiger partial charge in [0.05, 0.1) is 5.70 Å². The lowest BCUT2D eigenvalue weighted by atomic mass is 10.1. The van der Waals surface area contributed by atoms with Crippen molar-refractivity contribution >= 4 is 50.7 Å². The van der Waals surface area contributed by atoms with E-state index >= 15 is 0 Å². The van der Waals surface area contributed by atoms with Gasteiger partial charge in [-0.1, -0.05) is 65.8 Å². The van der Waals surface area contributed by atoms with E-state index in [0.717, 1.165) is 27.9 Å². The van der Waals surface area contributed by atoms with E-state index < -0.39 is 0 Å². The van der Waals surface area contributed by atoms with Crippen molar-refractivity contribution in [1.29, 1.82) is 0 Å². The summed E-state index contributed by atoms with van der Waals surface area (Å²) in [7, 11) is 0. The second-order valence-electron chi connectivity index (χ2n) is 5.51. The molecule has 0 amide bonds. The first kappa shape index (κ1) is 15.3. The Kier molecular flexibility index (Phi) is 4.28. The molecule has 3 aromatic carbocycles. The number of nitrogens with zero attached hydrogens (tertiary/aromatic N) is 1. The van der Waals surface area contributed by atoms with E-state index in [1.165, 1.54) is 10.8 Å². The number of benzene rings is 3. The van der Waals surface area contributed by atoms with Crippen LogP contribution in [0.2, 0.25) is 5.02 Å². The number of halogens is 1. The Morgan fingerprint density at radius 1 is 0.917 bits per heavy atom. The maximum atomic E-state index is 6.04. The zero-order valence-electron chi connectivity index (χ0n) is 12.9. The van der Waals surface area contributed by atoms with Crippen molar-refractivity contribution in [2.75, 3.05) is 11.1 Å². The summed E-state index contributed by atoms with van der Waals surface area (Å²) in [5.41, 5.74) is 3.09. The Hall–Kier alpha value is -2.23. The molecule has 0 atom stereocenters. The Morgan fingerprint density at radius 3 is 2.67 bits per heavy atom. The topological polar surface area (TPSA) is 24.4 Å². The van der Waals surface area contributed by atoms with Crippen molar-refractivity contribution in [2.45, 2.75) is 0 Å². The highest BCUT2D eigenvalue weighted by Gasteiger charge is 2.10. The fraction of sp³-hybridized carbons (Fsp3) is 0.0500. The number of fused-ring (bicyclic) bond motifs is 1. The molecule has 24 heavy (non-hydrogen) atoms. The summed E-state index contributed by atoms with van der Waals surface area (Å²) in [5.74, 6) is 0.897. The molecule has 1 heterocycles. The van der Waals surface area contributed by atoms with Crippen molar-refractivity contribution in [2.24, 2.45) is 4.99 Å². The van der Waals surface area contributed by atoms with E-state index in [4.69, 9.17) is 16.6 Å². The van der Waals surface area contributed by atoms with Crippen LogP contribution in [0.3, 0.4) is 0 Å². The molecule has 4 rings (SSSR count). The van der Waals surface area contributed by atoms with E-state index in [1.807, 2.05) is 24.3 Å². The molecule has 1 aliphatic heterocycles. The van der Waals surface area contributed by atoms with E-state index in [-0.39, 0.29) is 0 Å². The van der Waals surface area contributed by atoms with Crippen molar-refractivity contribution in [3.05, 3.63) is 83.4 Å². The van der Waals surface area contributed by atoms with Crippen LogP contribution in [0.15, 0.2) is 77.8 Å². The molecule has 0 aliphatic carbocycles. The third-order valence-corrected chi connectivity index (χ3v) is 4.88. The van der Waals surface area contributed by atoms with Crippen LogP contribution >= 0.6 is 23.4 Å². The number of nitrogens with one attached hydrogen (secondary N) is 1. The average molecular weight is 351 g/mol. The van der Waals surface area contributed by atoms with Gasteiger partial charge in [-0.05, 0) is 41.1 Å². The third kappa shape index (κ3) is 3.32. The monoisotopic (exact) mass is 350 g/mol. The number of aliphatic imine (C=N–C) groups is 1. The standard InChI is InChI=1S/C20H15ClN2S/c21-17-6-3-7-18(13-17)22-20-23-19(10-11-24-20)16-9-8-14-4-1-2-5-15(14)12-16/h1-10,12-13H,11H2,(H,22,23). The van der Waals surface area contributed by atoms with E-state index in [1.54, 1.807) is 11.8 Å². The smallest absolute Gasteiger partial charge is 0.166 e. The molecule has 0 aromatic heterocycles. The predicted molar refractivity (Wildman–Crippen MR) is 107 cm³/mol. The molecule has 4 heteroatoms. The summed E-state index contributed by atoms with van der Waals surface area (Å²) in [6.45, 7) is 0. The highest BCUT2D eigenvalue weighted by molar-refractivity contribution is 8.14. The average Bonchev–Trinajstić information content (AvgIpc) is 2.61. The van der Waals surface area contributed by atoms with Crippen LogP contribution < -0.4 is 5.32 Å². The zero-order valence-corrected chi connectivity index (χ0v) is 14.4. The largest absolute Gasteiger partial charge is 0.335 e. The van der Waals surface area contributed by atoms with Crippen molar-refractivity contribution in [1.82, 2.24) is 0 Å². The van der Waals surface area contributed by atoms with Gasteiger partial charge in [0, 0.05) is 22.0 Å². The van der Waals surface area contributed by atoms with Gasteiger partial charge < -0.3 is 5.32 Å². The van der Waals surface area contributed by atoms with Gasteiger partial charge in [-0.2, -0.15) is 0 Å². The summed E-state index contributed by atoms with van der Waals surface area (Å²) < 4.78 is 0. The van der Waals surface area contributed by atoms with Gasteiger partial charge in [0.2, 0.25) is 0 Å². The highest BCUT2D eigenvalue weighted by atomic mass is 35.5.